The number of sulfonamides is 1. The highest BCUT2D eigenvalue weighted by Gasteiger charge is 2.58. The number of nitrogens with zero attached hydrogens (tertiary/aromatic N) is 2. The van der Waals surface area contributed by atoms with E-state index in [0.29, 0.717) is 10.7 Å². The average Bonchev–Trinajstić information content (AvgIpc) is 3.02. The van der Waals surface area contributed by atoms with Gasteiger partial charge in [0.15, 0.2) is 0 Å². The number of amides is 1. The minimum Gasteiger partial charge on any atom is -0.394 e. The summed E-state index contributed by atoms with van der Waals surface area (Å²) in [5.41, 5.74) is 4.08. The van der Waals surface area contributed by atoms with Gasteiger partial charge in [0.05, 0.1) is 17.3 Å². The lowest BCUT2D eigenvalue weighted by atomic mass is 9.77. The average molecular weight is 664 g/mol. The van der Waals surface area contributed by atoms with E-state index in [-0.39, 0.29) is 17.1 Å². The minimum absolute atomic E-state index is 0.0181. The zero-order chi connectivity index (χ0) is 33.7. The molecule has 3 aromatic rings. The number of benzene rings is 2. The molecule has 0 spiro atoms. The zero-order valence-electron chi connectivity index (χ0n) is 26.0. The predicted octanol–water partition coefficient (Wildman–Crippen LogP) is 2.48. The number of aliphatic hydroxyl groups excluding tert-OH is 4. The van der Waals surface area contributed by atoms with E-state index in [1.807, 2.05) is 45.0 Å². The number of carbonyl (C=O) groups is 1. The van der Waals surface area contributed by atoms with Crippen molar-refractivity contribution in [2.45, 2.75) is 69.2 Å². The van der Waals surface area contributed by atoms with E-state index in [1.165, 1.54) is 6.07 Å². The number of carbonyl (C=O) groups excluding carboxylic acids is 1. The van der Waals surface area contributed by atoms with Crippen LogP contribution in [0.1, 0.15) is 50.3 Å². The Morgan fingerprint density at radius 3 is 2.36 bits per heavy atom. The Bertz CT molecular complexity index is 1600. The van der Waals surface area contributed by atoms with Crippen LogP contribution in [-0.2, 0) is 20.2 Å². The number of halogens is 1. The van der Waals surface area contributed by atoms with Crippen molar-refractivity contribution in [2.75, 3.05) is 24.5 Å². The molecule has 0 saturated carbocycles. The van der Waals surface area contributed by atoms with Gasteiger partial charge in [-0.3, -0.25) is 14.1 Å². The highest BCUT2D eigenvalue weighted by molar-refractivity contribution is 7.94. The summed E-state index contributed by atoms with van der Waals surface area (Å²) < 4.78 is 28.1. The quantitative estimate of drug-likeness (QED) is 0.151. The number of hydrogen-bond acceptors (Lipinski definition) is 9. The maximum Gasteiger partial charge on any atom is 0.270 e. The third-order valence-electron chi connectivity index (χ3n) is 8.12. The number of pyridine rings is 1. The molecule has 0 unspecified atom stereocenters. The number of rotatable bonds is 14. The SMILES string of the molecule is CCCC(=O)NC[C@@H](O)[C@H](O)[C@](O)([C@@H](O)CO)S(=O)(=O)N(C)c1ccc(C(C)(C)c2cccc(-c3ccncc3C)c2)cc1Cl. The fraction of sp³-hybridized carbons (Fsp3) is 0.438. The molecule has 2 aromatic carbocycles. The van der Waals surface area contributed by atoms with Crippen LogP contribution in [0.15, 0.2) is 60.9 Å². The molecule has 13 heteroatoms. The van der Waals surface area contributed by atoms with Gasteiger partial charge >= 0.3 is 0 Å². The van der Waals surface area contributed by atoms with Crippen LogP contribution >= 0.6 is 11.6 Å². The van der Waals surface area contributed by atoms with Crippen LogP contribution in [-0.4, -0.2) is 88.3 Å². The number of anilines is 1. The molecule has 0 aliphatic rings. The molecule has 246 valence electrons. The van der Waals surface area contributed by atoms with Crippen molar-refractivity contribution in [1.82, 2.24) is 10.3 Å². The molecule has 1 aromatic heterocycles. The van der Waals surface area contributed by atoms with Gasteiger partial charge in [0.2, 0.25) is 10.8 Å². The largest absolute Gasteiger partial charge is 0.394 e. The summed E-state index contributed by atoms with van der Waals surface area (Å²) in [5.74, 6) is -0.469. The first kappa shape index (κ1) is 36.4. The molecule has 1 amide bonds. The fourth-order valence-corrected chi connectivity index (χ4v) is 7.21. The van der Waals surface area contributed by atoms with Crippen molar-refractivity contribution in [3.63, 3.8) is 0 Å². The first-order valence-corrected chi connectivity index (χ1v) is 16.3. The topological polar surface area (TPSA) is 181 Å². The number of aromatic nitrogens is 1. The van der Waals surface area contributed by atoms with E-state index in [2.05, 4.69) is 16.4 Å². The Hall–Kier alpha value is -3.10. The van der Waals surface area contributed by atoms with Crippen LogP contribution in [0, 0.1) is 6.92 Å². The minimum atomic E-state index is -5.15. The Balaban J connectivity index is 1.96. The van der Waals surface area contributed by atoms with Gasteiger partial charge in [-0.05, 0) is 59.4 Å². The number of aryl methyl sites for hydroxylation is 1. The maximum absolute atomic E-state index is 13.8. The normalized spacial score (nSPS) is 15.5. The van der Waals surface area contributed by atoms with E-state index in [0.717, 1.165) is 34.9 Å². The first-order valence-electron chi connectivity index (χ1n) is 14.5. The lowest BCUT2D eigenvalue weighted by Gasteiger charge is -2.40. The predicted molar refractivity (Wildman–Crippen MR) is 173 cm³/mol. The van der Waals surface area contributed by atoms with Crippen molar-refractivity contribution >= 4 is 33.2 Å². The molecule has 0 fully saturated rings. The highest BCUT2D eigenvalue weighted by Crippen LogP contribution is 2.40. The monoisotopic (exact) mass is 663 g/mol. The van der Waals surface area contributed by atoms with Crippen LogP contribution in [0.2, 0.25) is 5.02 Å². The second kappa shape index (κ2) is 14.5. The second-order valence-electron chi connectivity index (χ2n) is 11.6. The Labute approximate surface area is 269 Å². The highest BCUT2D eigenvalue weighted by atomic mass is 35.5. The Morgan fingerprint density at radius 2 is 1.76 bits per heavy atom. The van der Waals surface area contributed by atoms with E-state index in [4.69, 9.17) is 11.6 Å². The van der Waals surface area contributed by atoms with Gasteiger partial charge < -0.3 is 30.8 Å². The molecule has 0 aliphatic heterocycles. The number of hydrogen-bond donors (Lipinski definition) is 6. The smallest absolute Gasteiger partial charge is 0.270 e. The molecule has 0 radical (unpaired) electrons. The van der Waals surface area contributed by atoms with Crippen LogP contribution in [0.3, 0.4) is 0 Å². The zero-order valence-corrected chi connectivity index (χ0v) is 27.5. The molecule has 1 heterocycles. The second-order valence-corrected chi connectivity index (χ2v) is 14.1. The van der Waals surface area contributed by atoms with Gasteiger partial charge in [-0.25, -0.2) is 8.42 Å². The summed E-state index contributed by atoms with van der Waals surface area (Å²) in [6, 6.07) is 14.6. The van der Waals surface area contributed by atoms with E-state index >= 15 is 0 Å². The van der Waals surface area contributed by atoms with E-state index < -0.39 is 57.7 Å². The molecule has 0 aliphatic carbocycles. The molecule has 4 atom stereocenters. The standard InChI is InChI=1S/C32H42ClN3O8S/c1-6-8-29(40)35-18-27(38)30(41)32(42,28(39)19-37)45(43,44)36(5)26-12-11-23(16-25(26)33)31(3,4)22-10-7-9-21(15-22)24-13-14-34-17-20(24)2/h7,9-17,27-28,30,37-39,41-42H,6,8,18-19H2,1-5H3,(H,35,40)/t27-,28+,30+,32+/m1/s1. The molecule has 45 heavy (non-hydrogen) atoms. The van der Waals surface area contributed by atoms with Crippen molar-refractivity contribution in [3.05, 3.63) is 82.6 Å². The fourth-order valence-electron chi connectivity index (χ4n) is 5.11. The van der Waals surface area contributed by atoms with Crippen LogP contribution in [0.4, 0.5) is 5.69 Å². The van der Waals surface area contributed by atoms with Gasteiger partial charge in [-0.15, -0.1) is 0 Å². The van der Waals surface area contributed by atoms with Gasteiger partial charge in [-0.1, -0.05) is 62.7 Å². The Morgan fingerprint density at radius 1 is 1.09 bits per heavy atom. The molecular weight excluding hydrogens is 622 g/mol. The van der Waals surface area contributed by atoms with Crippen molar-refractivity contribution in [2.24, 2.45) is 0 Å². The van der Waals surface area contributed by atoms with Crippen molar-refractivity contribution < 1.29 is 38.7 Å². The lowest BCUT2D eigenvalue weighted by Crippen LogP contribution is -2.66. The van der Waals surface area contributed by atoms with Crippen molar-refractivity contribution in [1.29, 1.82) is 0 Å². The summed E-state index contributed by atoms with van der Waals surface area (Å²) in [4.78, 5) is 12.5. The Kier molecular flexibility index (Phi) is 11.8. The summed E-state index contributed by atoms with van der Waals surface area (Å²) >= 11 is 6.63. The molecule has 0 saturated heterocycles. The summed E-state index contributed by atoms with van der Waals surface area (Å²) in [5, 5.41) is 55.0. The van der Waals surface area contributed by atoms with Crippen molar-refractivity contribution in [3.8, 4) is 11.1 Å². The molecule has 0 bridgehead atoms. The summed E-state index contributed by atoms with van der Waals surface area (Å²) in [6.45, 7) is 5.83. The third-order valence-corrected chi connectivity index (χ3v) is 10.7. The summed E-state index contributed by atoms with van der Waals surface area (Å²) in [7, 11) is -4.10. The van der Waals surface area contributed by atoms with Gasteiger partial charge in [0, 0.05) is 37.8 Å². The lowest BCUT2D eigenvalue weighted by molar-refractivity contribution is -0.140. The van der Waals surface area contributed by atoms with Gasteiger partial charge in [0.25, 0.3) is 10.0 Å². The van der Waals surface area contributed by atoms with Gasteiger partial charge in [-0.2, -0.15) is 0 Å². The molecular formula is C32H42ClN3O8S. The number of aliphatic hydroxyl groups is 5. The molecule has 11 nitrogen and oxygen atoms in total. The van der Waals surface area contributed by atoms with Crippen LogP contribution < -0.4 is 9.62 Å². The van der Waals surface area contributed by atoms with E-state index in [9.17, 15) is 38.7 Å². The van der Waals surface area contributed by atoms with Crippen LogP contribution in [0.5, 0.6) is 0 Å². The molecule has 6 N–H and O–H groups in total. The van der Waals surface area contributed by atoms with E-state index in [1.54, 1.807) is 31.5 Å². The maximum atomic E-state index is 13.8. The number of nitrogens with one attached hydrogen (secondary N) is 1. The third kappa shape index (κ3) is 7.33. The van der Waals surface area contributed by atoms with Gasteiger partial charge in [0.1, 0.15) is 18.3 Å². The molecule has 3 rings (SSSR count). The first-order chi connectivity index (χ1) is 21.0. The van der Waals surface area contributed by atoms with Crippen LogP contribution in [0.25, 0.3) is 11.1 Å². The summed E-state index contributed by atoms with van der Waals surface area (Å²) in [6.07, 6.45) is -2.85.